The van der Waals surface area contributed by atoms with Crippen molar-refractivity contribution in [3.63, 3.8) is 0 Å². The molecule has 0 spiro atoms. The molecular weight excluding hydrogens is 434 g/mol. The van der Waals surface area contributed by atoms with Crippen LogP contribution in [0, 0.1) is 0 Å². The molecule has 0 saturated carbocycles. The Kier molecular flexibility index (Phi) is 6.63. The molecule has 174 valence electrons. The number of carbonyl (C=O) groups excluding carboxylic acids is 2. The van der Waals surface area contributed by atoms with E-state index in [0.717, 1.165) is 16.5 Å². The molecule has 1 heterocycles. The molecule has 7 nitrogen and oxygen atoms in total. The smallest absolute Gasteiger partial charge is 0.339 e. The second-order valence-corrected chi connectivity index (χ2v) is 7.42. The van der Waals surface area contributed by atoms with Gasteiger partial charge in [-0.15, -0.1) is 0 Å². The van der Waals surface area contributed by atoms with Gasteiger partial charge in [-0.2, -0.15) is 0 Å². The minimum Gasteiger partial charge on any atom is -0.490 e. The quantitative estimate of drug-likeness (QED) is 0.341. The number of fused-ring (bicyclic) bond motifs is 2. The van der Waals surface area contributed by atoms with Crippen LogP contribution < -0.4 is 9.47 Å². The highest BCUT2D eigenvalue weighted by molar-refractivity contribution is 6.18. The molecule has 0 unspecified atom stereocenters. The number of aromatic nitrogens is 1. The lowest BCUT2D eigenvalue weighted by Crippen LogP contribution is -2.14. The zero-order chi connectivity index (χ0) is 24.2. The molecule has 3 aromatic carbocycles. The average Bonchev–Trinajstić information content (AvgIpc) is 2.87. The fraction of sp³-hybridized carbons (Fsp3) is 0.222. The molecule has 1 aromatic heterocycles. The number of para-hydroxylation sites is 1. The molecule has 4 rings (SSSR count). The maximum Gasteiger partial charge on any atom is 0.339 e. The van der Waals surface area contributed by atoms with E-state index in [2.05, 4.69) is 4.98 Å². The Balaban J connectivity index is 2.22. The molecule has 7 heteroatoms. The Bertz CT molecular complexity index is 1390. The molecule has 34 heavy (non-hydrogen) atoms. The summed E-state index contributed by atoms with van der Waals surface area (Å²) in [5, 5.41) is 2.22. The highest BCUT2D eigenvalue weighted by Crippen LogP contribution is 2.42. The second-order valence-electron chi connectivity index (χ2n) is 7.42. The minimum atomic E-state index is -0.648. The van der Waals surface area contributed by atoms with Gasteiger partial charge in [-0.3, -0.25) is 4.98 Å². The van der Waals surface area contributed by atoms with Gasteiger partial charge in [0.05, 0.1) is 44.1 Å². The van der Waals surface area contributed by atoms with Gasteiger partial charge in [0.25, 0.3) is 0 Å². The minimum absolute atomic E-state index is 0.101. The Morgan fingerprint density at radius 2 is 1.50 bits per heavy atom. The topological polar surface area (TPSA) is 84.0 Å². The fourth-order valence-electron chi connectivity index (χ4n) is 4.12. The van der Waals surface area contributed by atoms with Gasteiger partial charge < -0.3 is 18.9 Å². The van der Waals surface area contributed by atoms with Crippen molar-refractivity contribution in [3.8, 4) is 22.6 Å². The number of pyridine rings is 1. The number of ether oxygens (including phenoxy) is 4. The number of carbonyl (C=O) groups is 2. The van der Waals surface area contributed by atoms with Crippen LogP contribution >= 0.6 is 0 Å². The van der Waals surface area contributed by atoms with Crippen LogP contribution in [0.3, 0.4) is 0 Å². The summed E-state index contributed by atoms with van der Waals surface area (Å²) in [6.07, 6.45) is 1.67. The summed E-state index contributed by atoms with van der Waals surface area (Å²) >= 11 is 0. The lowest BCUT2D eigenvalue weighted by atomic mass is 9.88. The van der Waals surface area contributed by atoms with Crippen molar-refractivity contribution in [2.75, 3.05) is 27.4 Å². The largest absolute Gasteiger partial charge is 0.490 e. The van der Waals surface area contributed by atoms with Gasteiger partial charge in [-0.05, 0) is 60.5 Å². The first-order chi connectivity index (χ1) is 16.5. The van der Waals surface area contributed by atoms with Gasteiger partial charge >= 0.3 is 11.9 Å². The Labute approximate surface area is 197 Å². The molecule has 0 N–H and O–H groups in total. The van der Waals surface area contributed by atoms with Gasteiger partial charge in [0.15, 0.2) is 11.5 Å². The van der Waals surface area contributed by atoms with Crippen LogP contribution in [0.15, 0.2) is 54.7 Å². The first-order valence-electron chi connectivity index (χ1n) is 10.9. The monoisotopic (exact) mass is 459 g/mol. The summed E-state index contributed by atoms with van der Waals surface area (Å²) in [7, 11) is 2.56. The third-order valence-electron chi connectivity index (χ3n) is 5.52. The van der Waals surface area contributed by atoms with E-state index in [9.17, 15) is 9.59 Å². The number of rotatable bonds is 7. The molecule has 0 aliphatic carbocycles. The molecule has 0 atom stereocenters. The number of methoxy groups -OCH3 is 2. The summed E-state index contributed by atoms with van der Waals surface area (Å²) in [6, 6.07) is 14.7. The van der Waals surface area contributed by atoms with Crippen LogP contribution in [0.5, 0.6) is 11.5 Å². The van der Waals surface area contributed by atoms with Gasteiger partial charge in [0.1, 0.15) is 0 Å². The Morgan fingerprint density at radius 3 is 2.18 bits per heavy atom. The molecule has 0 saturated heterocycles. The molecule has 0 aliphatic heterocycles. The number of hydrogen-bond donors (Lipinski definition) is 0. The van der Waals surface area contributed by atoms with Crippen molar-refractivity contribution in [2.45, 2.75) is 13.8 Å². The predicted molar refractivity (Wildman–Crippen MR) is 130 cm³/mol. The molecule has 4 aromatic rings. The Hall–Kier alpha value is -4.13. The van der Waals surface area contributed by atoms with Gasteiger partial charge in [0.2, 0.25) is 0 Å². The number of nitrogens with zero attached hydrogens (tertiary/aromatic N) is 1. The molecule has 0 aliphatic rings. The first-order valence-corrected chi connectivity index (χ1v) is 10.9. The van der Waals surface area contributed by atoms with Gasteiger partial charge in [-0.25, -0.2) is 9.59 Å². The third kappa shape index (κ3) is 4.01. The normalized spacial score (nSPS) is 10.8. The molecule has 0 bridgehead atoms. The van der Waals surface area contributed by atoms with Crippen molar-refractivity contribution in [1.82, 2.24) is 4.98 Å². The molecular formula is C27H25NO6. The zero-order valence-electron chi connectivity index (χ0n) is 19.5. The van der Waals surface area contributed by atoms with E-state index >= 15 is 0 Å². The van der Waals surface area contributed by atoms with Gasteiger partial charge in [-0.1, -0.05) is 18.2 Å². The van der Waals surface area contributed by atoms with Crippen molar-refractivity contribution >= 4 is 33.6 Å². The highest BCUT2D eigenvalue weighted by atomic mass is 16.5. The Morgan fingerprint density at radius 1 is 0.824 bits per heavy atom. The van der Waals surface area contributed by atoms with E-state index in [0.29, 0.717) is 41.0 Å². The van der Waals surface area contributed by atoms with E-state index in [-0.39, 0.29) is 11.1 Å². The first kappa shape index (κ1) is 23.0. The zero-order valence-corrected chi connectivity index (χ0v) is 19.5. The van der Waals surface area contributed by atoms with Crippen LogP contribution in [-0.4, -0.2) is 44.4 Å². The standard InChI is InChI=1S/C27H25NO6/c1-5-33-22-14-16-13-20(26(29)31-3)25(27(30)32-4)24(19(16)15-23(22)34-6-2)18-11-12-28-21-10-8-7-9-17(18)21/h7-15H,5-6H2,1-4H3. The highest BCUT2D eigenvalue weighted by Gasteiger charge is 2.27. The van der Waals surface area contributed by atoms with Crippen LogP contribution in [-0.2, 0) is 9.47 Å². The second kappa shape index (κ2) is 9.79. The van der Waals surface area contributed by atoms with E-state index in [1.807, 2.05) is 56.3 Å². The van der Waals surface area contributed by atoms with Crippen LogP contribution in [0.2, 0.25) is 0 Å². The van der Waals surface area contributed by atoms with Crippen molar-refractivity contribution in [3.05, 3.63) is 65.9 Å². The SMILES string of the molecule is CCOc1cc2cc(C(=O)OC)c(C(=O)OC)c(-c3ccnc4ccccc34)c2cc1OCC. The summed E-state index contributed by atoms with van der Waals surface area (Å²) in [6.45, 7) is 4.65. The lowest BCUT2D eigenvalue weighted by Gasteiger charge is -2.19. The predicted octanol–water partition coefficient (Wildman–Crippen LogP) is 5.43. The average molecular weight is 459 g/mol. The molecule has 0 radical (unpaired) electrons. The fourth-order valence-corrected chi connectivity index (χ4v) is 4.12. The van der Waals surface area contributed by atoms with E-state index in [1.165, 1.54) is 14.2 Å². The lowest BCUT2D eigenvalue weighted by molar-refractivity contribution is 0.0556. The van der Waals surface area contributed by atoms with Crippen molar-refractivity contribution in [2.24, 2.45) is 0 Å². The number of esters is 2. The summed E-state index contributed by atoms with van der Waals surface area (Å²) in [5.74, 6) is -0.207. The van der Waals surface area contributed by atoms with E-state index < -0.39 is 11.9 Å². The number of benzene rings is 3. The van der Waals surface area contributed by atoms with Crippen LogP contribution in [0.25, 0.3) is 32.8 Å². The molecule has 0 amide bonds. The maximum absolute atomic E-state index is 13.1. The van der Waals surface area contributed by atoms with Gasteiger partial charge in [0, 0.05) is 17.1 Å². The summed E-state index contributed by atoms with van der Waals surface area (Å²) in [4.78, 5) is 30.4. The van der Waals surface area contributed by atoms with Crippen molar-refractivity contribution < 1.29 is 28.5 Å². The van der Waals surface area contributed by atoms with Crippen molar-refractivity contribution in [1.29, 1.82) is 0 Å². The van der Waals surface area contributed by atoms with E-state index in [4.69, 9.17) is 18.9 Å². The summed E-state index contributed by atoms with van der Waals surface area (Å²) < 4.78 is 21.8. The summed E-state index contributed by atoms with van der Waals surface area (Å²) in [5.41, 5.74) is 2.23. The van der Waals surface area contributed by atoms with Crippen LogP contribution in [0.1, 0.15) is 34.6 Å². The maximum atomic E-state index is 13.1. The third-order valence-corrected chi connectivity index (χ3v) is 5.52. The van der Waals surface area contributed by atoms with Crippen LogP contribution in [0.4, 0.5) is 0 Å². The van der Waals surface area contributed by atoms with E-state index in [1.54, 1.807) is 12.3 Å². The molecule has 0 fully saturated rings. The number of hydrogen-bond acceptors (Lipinski definition) is 7.